The Morgan fingerprint density at radius 2 is 1.57 bits per heavy atom. The zero-order valence-corrected chi connectivity index (χ0v) is 9.32. The summed E-state index contributed by atoms with van der Waals surface area (Å²) in [5.41, 5.74) is 2.34. The van der Waals surface area contributed by atoms with E-state index in [4.69, 9.17) is 0 Å². The third-order valence-corrected chi connectivity index (χ3v) is 3.67. The molecular formula is C11H11BrO2. The first-order valence-electron chi connectivity index (χ1n) is 4.44. The number of rotatable bonds is 0. The second-order valence-electron chi connectivity index (χ2n) is 3.46. The quantitative estimate of drug-likeness (QED) is 0.747. The number of hydrogen-bond acceptors (Lipinski definition) is 2. The van der Waals surface area contributed by atoms with Crippen molar-refractivity contribution in [3.63, 3.8) is 0 Å². The molecule has 0 saturated carbocycles. The summed E-state index contributed by atoms with van der Waals surface area (Å²) in [6.07, 6.45) is -1.25. The molecule has 2 unspecified atom stereocenters. The highest BCUT2D eigenvalue weighted by Crippen LogP contribution is 2.42. The molecular weight excluding hydrogens is 244 g/mol. The lowest BCUT2D eigenvalue weighted by Crippen LogP contribution is -2.15. The van der Waals surface area contributed by atoms with Gasteiger partial charge in [-0.15, -0.1) is 0 Å². The van der Waals surface area contributed by atoms with Crippen LogP contribution in [0.5, 0.6) is 0 Å². The molecule has 0 aliphatic heterocycles. The van der Waals surface area contributed by atoms with E-state index in [2.05, 4.69) is 15.9 Å². The lowest BCUT2D eigenvalue weighted by Gasteiger charge is -2.27. The Bertz CT molecular complexity index is 361. The summed E-state index contributed by atoms with van der Waals surface area (Å²) in [6.45, 7) is 1.81. The number of fused-ring (bicyclic) bond motifs is 1. The molecule has 0 amide bonds. The fraction of sp³-hybridized carbons (Fsp3) is 0.273. The molecule has 1 aromatic carbocycles. The number of aliphatic hydroxyl groups is 2. The van der Waals surface area contributed by atoms with Crippen molar-refractivity contribution >= 4 is 15.9 Å². The molecule has 2 N–H and O–H groups in total. The average molecular weight is 255 g/mol. The summed E-state index contributed by atoms with van der Waals surface area (Å²) >= 11 is 3.30. The molecule has 0 spiro atoms. The van der Waals surface area contributed by atoms with E-state index in [1.807, 2.05) is 31.2 Å². The Hall–Kier alpha value is -0.640. The standard InChI is InChI=1S/C11H11BrO2/c1-6-9(12)11(14)8-5-3-2-4-7(8)10(6)13/h2-5,10-11,13-14H,1H3. The minimum absolute atomic E-state index is 0.607. The summed E-state index contributed by atoms with van der Waals surface area (Å²) in [4.78, 5) is 0. The zero-order chi connectivity index (χ0) is 10.3. The third kappa shape index (κ3) is 1.32. The van der Waals surface area contributed by atoms with Crippen LogP contribution in [0.15, 0.2) is 34.3 Å². The van der Waals surface area contributed by atoms with E-state index in [1.54, 1.807) is 0 Å². The van der Waals surface area contributed by atoms with Gasteiger partial charge < -0.3 is 10.2 Å². The van der Waals surface area contributed by atoms with Crippen LogP contribution in [0.25, 0.3) is 0 Å². The van der Waals surface area contributed by atoms with Crippen molar-refractivity contribution in [1.29, 1.82) is 0 Å². The summed E-state index contributed by atoms with van der Waals surface area (Å²) in [5.74, 6) is 0. The van der Waals surface area contributed by atoms with Crippen molar-refractivity contribution in [1.82, 2.24) is 0 Å². The maximum atomic E-state index is 9.92. The van der Waals surface area contributed by atoms with Gasteiger partial charge in [-0.05, 0) is 23.6 Å². The number of hydrogen-bond donors (Lipinski definition) is 2. The van der Waals surface area contributed by atoms with E-state index in [0.29, 0.717) is 4.48 Å². The van der Waals surface area contributed by atoms with Crippen LogP contribution in [0.1, 0.15) is 30.3 Å². The first-order valence-corrected chi connectivity index (χ1v) is 5.23. The van der Waals surface area contributed by atoms with E-state index < -0.39 is 12.2 Å². The summed E-state index contributed by atoms with van der Waals surface area (Å²) in [5, 5.41) is 19.8. The van der Waals surface area contributed by atoms with Crippen LogP contribution in [-0.4, -0.2) is 10.2 Å². The molecule has 74 valence electrons. The molecule has 0 fully saturated rings. The highest BCUT2D eigenvalue weighted by Gasteiger charge is 2.28. The molecule has 0 saturated heterocycles. The van der Waals surface area contributed by atoms with Crippen molar-refractivity contribution < 1.29 is 10.2 Å². The van der Waals surface area contributed by atoms with E-state index in [1.165, 1.54) is 0 Å². The second-order valence-corrected chi connectivity index (χ2v) is 4.32. The molecule has 2 atom stereocenters. The SMILES string of the molecule is CC1=C(Br)C(O)c2ccccc2C1O. The fourth-order valence-electron chi connectivity index (χ4n) is 1.72. The van der Waals surface area contributed by atoms with Crippen LogP contribution in [0.4, 0.5) is 0 Å². The van der Waals surface area contributed by atoms with E-state index >= 15 is 0 Å². The smallest absolute Gasteiger partial charge is 0.111 e. The summed E-state index contributed by atoms with van der Waals surface area (Å²) < 4.78 is 0.670. The van der Waals surface area contributed by atoms with Gasteiger partial charge in [0.2, 0.25) is 0 Å². The Balaban J connectivity index is 2.61. The van der Waals surface area contributed by atoms with Gasteiger partial charge in [-0.25, -0.2) is 0 Å². The van der Waals surface area contributed by atoms with E-state index in [-0.39, 0.29) is 0 Å². The Morgan fingerprint density at radius 1 is 1.07 bits per heavy atom. The van der Waals surface area contributed by atoms with Crippen molar-refractivity contribution in [2.45, 2.75) is 19.1 Å². The van der Waals surface area contributed by atoms with Crippen LogP contribution in [0.2, 0.25) is 0 Å². The Morgan fingerprint density at radius 3 is 2.14 bits per heavy atom. The van der Waals surface area contributed by atoms with Crippen LogP contribution >= 0.6 is 15.9 Å². The Kier molecular flexibility index (Phi) is 2.47. The molecule has 2 rings (SSSR count). The van der Waals surface area contributed by atoms with Crippen LogP contribution in [0.3, 0.4) is 0 Å². The Labute approximate surface area is 91.0 Å². The molecule has 3 heteroatoms. The summed E-state index contributed by atoms with van der Waals surface area (Å²) in [6, 6.07) is 7.39. The molecule has 2 nitrogen and oxygen atoms in total. The maximum Gasteiger partial charge on any atom is 0.111 e. The first-order chi connectivity index (χ1) is 6.63. The van der Waals surface area contributed by atoms with Crippen LogP contribution < -0.4 is 0 Å². The van der Waals surface area contributed by atoms with Gasteiger partial charge in [-0.2, -0.15) is 0 Å². The molecule has 0 aromatic heterocycles. The molecule has 1 aliphatic carbocycles. The van der Waals surface area contributed by atoms with E-state index in [9.17, 15) is 10.2 Å². The van der Waals surface area contributed by atoms with Gasteiger partial charge in [0.15, 0.2) is 0 Å². The molecule has 14 heavy (non-hydrogen) atoms. The van der Waals surface area contributed by atoms with Gasteiger partial charge in [0.1, 0.15) is 12.2 Å². The highest BCUT2D eigenvalue weighted by atomic mass is 79.9. The molecule has 0 bridgehead atoms. The molecule has 0 radical (unpaired) electrons. The van der Waals surface area contributed by atoms with Crippen LogP contribution in [-0.2, 0) is 0 Å². The second kappa shape index (κ2) is 3.50. The number of halogens is 1. The van der Waals surface area contributed by atoms with Gasteiger partial charge in [0.05, 0.1) is 0 Å². The van der Waals surface area contributed by atoms with Gasteiger partial charge in [0.25, 0.3) is 0 Å². The van der Waals surface area contributed by atoms with Crippen LogP contribution in [0, 0.1) is 0 Å². The number of aliphatic hydroxyl groups excluding tert-OH is 2. The lowest BCUT2D eigenvalue weighted by atomic mass is 9.88. The zero-order valence-electron chi connectivity index (χ0n) is 7.74. The largest absolute Gasteiger partial charge is 0.384 e. The minimum Gasteiger partial charge on any atom is -0.384 e. The van der Waals surface area contributed by atoms with Gasteiger partial charge in [-0.3, -0.25) is 0 Å². The third-order valence-electron chi connectivity index (χ3n) is 2.61. The van der Waals surface area contributed by atoms with Crippen molar-refractivity contribution in [3.05, 3.63) is 45.4 Å². The monoisotopic (exact) mass is 254 g/mol. The molecule has 0 heterocycles. The van der Waals surface area contributed by atoms with Gasteiger partial charge in [0, 0.05) is 4.48 Å². The minimum atomic E-state index is -0.644. The fourth-order valence-corrected chi connectivity index (χ4v) is 2.19. The average Bonchev–Trinajstić information content (AvgIpc) is 2.23. The van der Waals surface area contributed by atoms with Crippen molar-refractivity contribution in [2.75, 3.05) is 0 Å². The summed E-state index contributed by atoms with van der Waals surface area (Å²) in [7, 11) is 0. The topological polar surface area (TPSA) is 40.5 Å². The highest BCUT2D eigenvalue weighted by molar-refractivity contribution is 9.11. The van der Waals surface area contributed by atoms with Gasteiger partial charge in [-0.1, -0.05) is 40.2 Å². The number of benzene rings is 1. The normalized spacial score (nSPS) is 26.3. The maximum absolute atomic E-state index is 9.92. The lowest BCUT2D eigenvalue weighted by molar-refractivity contribution is 0.176. The molecule has 1 aliphatic rings. The van der Waals surface area contributed by atoms with Crippen molar-refractivity contribution in [2.24, 2.45) is 0 Å². The van der Waals surface area contributed by atoms with Gasteiger partial charge >= 0.3 is 0 Å². The molecule has 1 aromatic rings. The van der Waals surface area contributed by atoms with E-state index in [0.717, 1.165) is 16.7 Å². The first kappa shape index (κ1) is 9.90. The predicted octanol–water partition coefficient (Wildman–Crippen LogP) is 2.44. The van der Waals surface area contributed by atoms with Crippen molar-refractivity contribution in [3.8, 4) is 0 Å². The predicted molar refractivity (Wildman–Crippen MR) is 58.0 cm³/mol.